The lowest BCUT2D eigenvalue weighted by atomic mass is 10.2. The van der Waals surface area contributed by atoms with E-state index in [0.717, 1.165) is 37.6 Å². The number of aromatic nitrogens is 2. The smallest absolute Gasteiger partial charge is 0.119 e. The van der Waals surface area contributed by atoms with Crippen LogP contribution in [-0.2, 0) is 13.1 Å². The van der Waals surface area contributed by atoms with Crippen LogP contribution in [-0.4, -0.2) is 64.3 Å². The van der Waals surface area contributed by atoms with Gasteiger partial charge in [0, 0.05) is 38.2 Å². The van der Waals surface area contributed by atoms with Crippen LogP contribution < -0.4 is 4.74 Å². The summed E-state index contributed by atoms with van der Waals surface area (Å²) in [6.07, 6.45) is 9.82. The summed E-state index contributed by atoms with van der Waals surface area (Å²) >= 11 is 0. The number of benzene rings is 1. The zero-order valence-corrected chi connectivity index (χ0v) is 16.8. The molecule has 1 saturated heterocycles. The molecule has 3 rings (SSSR count). The van der Waals surface area contributed by atoms with E-state index < -0.39 is 6.10 Å². The molecular weight excluding hydrogens is 352 g/mol. The molecule has 28 heavy (non-hydrogen) atoms. The molecule has 1 aromatic heterocycles. The predicted molar refractivity (Wildman–Crippen MR) is 110 cm³/mol. The van der Waals surface area contributed by atoms with Gasteiger partial charge < -0.3 is 14.7 Å². The quantitative estimate of drug-likeness (QED) is 0.717. The summed E-state index contributed by atoms with van der Waals surface area (Å²) in [5.74, 6) is 0.806. The highest BCUT2D eigenvalue weighted by Crippen LogP contribution is 2.16. The van der Waals surface area contributed by atoms with Crippen LogP contribution in [0.4, 0.5) is 0 Å². The fourth-order valence-electron chi connectivity index (χ4n) is 3.65. The van der Waals surface area contributed by atoms with E-state index in [1.165, 1.54) is 31.2 Å². The van der Waals surface area contributed by atoms with Gasteiger partial charge in [0.1, 0.15) is 18.5 Å². The second-order valence-corrected chi connectivity index (χ2v) is 7.70. The molecule has 0 amide bonds. The molecule has 0 bridgehead atoms. The summed E-state index contributed by atoms with van der Waals surface area (Å²) in [5, 5.41) is 10.3. The molecule has 0 radical (unpaired) electrons. The Morgan fingerprint density at radius 2 is 1.96 bits per heavy atom. The van der Waals surface area contributed by atoms with Gasteiger partial charge in [0.2, 0.25) is 0 Å². The molecule has 2 aromatic rings. The first-order valence-electron chi connectivity index (χ1n) is 10.2. The number of likely N-dealkylation sites (tertiary alicyclic amines) is 1. The minimum absolute atomic E-state index is 0.329. The fourth-order valence-corrected chi connectivity index (χ4v) is 3.65. The van der Waals surface area contributed by atoms with Gasteiger partial charge in [-0.3, -0.25) is 14.9 Å². The molecule has 1 aliphatic heterocycles. The molecule has 2 heterocycles. The summed E-state index contributed by atoms with van der Waals surface area (Å²) in [7, 11) is 2.06. The second kappa shape index (κ2) is 11.1. The van der Waals surface area contributed by atoms with Gasteiger partial charge in [-0.05, 0) is 50.7 Å². The van der Waals surface area contributed by atoms with Crippen molar-refractivity contribution in [1.82, 2.24) is 19.8 Å². The summed E-state index contributed by atoms with van der Waals surface area (Å²) in [6, 6.07) is 8.09. The lowest BCUT2D eigenvalue weighted by molar-refractivity contribution is 0.0693. The maximum absolute atomic E-state index is 10.3. The van der Waals surface area contributed by atoms with E-state index in [-0.39, 0.29) is 0 Å². The third-order valence-corrected chi connectivity index (χ3v) is 5.01. The highest BCUT2D eigenvalue weighted by Gasteiger charge is 2.14. The summed E-state index contributed by atoms with van der Waals surface area (Å²) in [6.45, 7) is 4.74. The molecule has 6 nitrogen and oxygen atoms in total. The van der Waals surface area contributed by atoms with Gasteiger partial charge in [0.25, 0.3) is 0 Å². The molecular formula is C22H32N4O2. The van der Waals surface area contributed by atoms with E-state index in [1.54, 1.807) is 18.6 Å². The Labute approximate surface area is 168 Å². The van der Waals surface area contributed by atoms with E-state index in [9.17, 15) is 5.11 Å². The van der Waals surface area contributed by atoms with Gasteiger partial charge in [-0.2, -0.15) is 0 Å². The van der Waals surface area contributed by atoms with Crippen LogP contribution in [0.3, 0.4) is 0 Å². The van der Waals surface area contributed by atoms with Crippen LogP contribution in [0.15, 0.2) is 42.9 Å². The summed E-state index contributed by atoms with van der Waals surface area (Å²) < 4.78 is 5.86. The monoisotopic (exact) mass is 384 g/mol. The van der Waals surface area contributed by atoms with Crippen LogP contribution in [0, 0.1) is 0 Å². The molecule has 1 N–H and O–H groups in total. The minimum atomic E-state index is -0.457. The highest BCUT2D eigenvalue weighted by atomic mass is 16.5. The van der Waals surface area contributed by atoms with Crippen molar-refractivity contribution in [1.29, 1.82) is 0 Å². The van der Waals surface area contributed by atoms with Crippen LogP contribution in [0.2, 0.25) is 0 Å². The second-order valence-electron chi connectivity index (χ2n) is 7.70. The fraction of sp³-hybridized carbons (Fsp3) is 0.545. The standard InChI is InChI=1S/C22H32N4O2/c1-25(16-20-14-23-9-10-24-20)15-19-7-6-8-22(13-19)28-18-21(27)17-26-11-4-2-3-5-12-26/h6-10,13-14,21,27H,2-5,11-12,15-18H2,1H3. The Balaban J connectivity index is 1.44. The van der Waals surface area contributed by atoms with Crippen molar-refractivity contribution in [3.8, 4) is 5.75 Å². The lowest BCUT2D eigenvalue weighted by Gasteiger charge is -2.23. The topological polar surface area (TPSA) is 61.7 Å². The number of nitrogens with zero attached hydrogens (tertiary/aromatic N) is 4. The average Bonchev–Trinajstić information content (AvgIpc) is 2.96. The first kappa shape index (κ1) is 20.7. The van der Waals surface area contributed by atoms with Crippen molar-refractivity contribution < 1.29 is 9.84 Å². The van der Waals surface area contributed by atoms with E-state index in [4.69, 9.17) is 4.74 Å². The predicted octanol–water partition coefficient (Wildman–Crippen LogP) is 2.72. The molecule has 1 atom stereocenters. The normalized spacial score (nSPS) is 16.7. The van der Waals surface area contributed by atoms with Gasteiger partial charge in [0.05, 0.1) is 5.69 Å². The Kier molecular flexibility index (Phi) is 8.21. The van der Waals surface area contributed by atoms with E-state index in [0.29, 0.717) is 13.2 Å². The Morgan fingerprint density at radius 1 is 1.14 bits per heavy atom. The number of hydrogen-bond donors (Lipinski definition) is 1. The molecule has 1 unspecified atom stereocenters. The number of aliphatic hydroxyl groups excluding tert-OH is 1. The van der Waals surface area contributed by atoms with E-state index >= 15 is 0 Å². The molecule has 6 heteroatoms. The van der Waals surface area contributed by atoms with Crippen LogP contribution in [0.25, 0.3) is 0 Å². The molecule has 152 valence electrons. The number of ether oxygens (including phenoxy) is 1. The maximum Gasteiger partial charge on any atom is 0.119 e. The van der Waals surface area contributed by atoms with Crippen molar-refractivity contribution in [2.75, 3.05) is 33.3 Å². The van der Waals surface area contributed by atoms with Crippen molar-refractivity contribution in [3.05, 3.63) is 54.1 Å². The van der Waals surface area contributed by atoms with Gasteiger partial charge in [-0.25, -0.2) is 0 Å². The largest absolute Gasteiger partial charge is 0.491 e. The van der Waals surface area contributed by atoms with Crippen molar-refractivity contribution in [3.63, 3.8) is 0 Å². The summed E-state index contributed by atoms with van der Waals surface area (Å²) in [4.78, 5) is 13.0. The van der Waals surface area contributed by atoms with Gasteiger partial charge >= 0.3 is 0 Å². The van der Waals surface area contributed by atoms with Gasteiger partial charge in [0.15, 0.2) is 0 Å². The number of rotatable bonds is 9. The summed E-state index contributed by atoms with van der Waals surface area (Å²) in [5.41, 5.74) is 2.12. The van der Waals surface area contributed by atoms with Crippen LogP contribution in [0.5, 0.6) is 5.75 Å². The number of aliphatic hydroxyl groups is 1. The zero-order valence-electron chi connectivity index (χ0n) is 16.8. The maximum atomic E-state index is 10.3. The molecule has 1 fully saturated rings. The first-order chi connectivity index (χ1) is 13.7. The van der Waals surface area contributed by atoms with Gasteiger partial charge in [-0.15, -0.1) is 0 Å². The molecule has 0 spiro atoms. The molecule has 0 aliphatic carbocycles. The van der Waals surface area contributed by atoms with Gasteiger partial charge in [-0.1, -0.05) is 25.0 Å². The SMILES string of the molecule is CN(Cc1cccc(OCC(O)CN2CCCCCC2)c1)Cc1cnccn1. The third-order valence-electron chi connectivity index (χ3n) is 5.01. The molecule has 1 aromatic carbocycles. The highest BCUT2D eigenvalue weighted by molar-refractivity contribution is 5.28. The van der Waals surface area contributed by atoms with Crippen LogP contribution >= 0.6 is 0 Å². The minimum Gasteiger partial charge on any atom is -0.491 e. The van der Waals surface area contributed by atoms with Crippen molar-refractivity contribution in [2.45, 2.75) is 44.9 Å². The number of hydrogen-bond acceptors (Lipinski definition) is 6. The van der Waals surface area contributed by atoms with E-state index in [1.807, 2.05) is 18.2 Å². The third kappa shape index (κ3) is 7.19. The molecule has 1 aliphatic rings. The Bertz CT molecular complexity index is 690. The van der Waals surface area contributed by atoms with E-state index in [2.05, 4.69) is 32.9 Å². The first-order valence-corrected chi connectivity index (χ1v) is 10.2. The zero-order chi connectivity index (χ0) is 19.6. The average molecular weight is 385 g/mol. The van der Waals surface area contributed by atoms with Crippen molar-refractivity contribution in [2.24, 2.45) is 0 Å². The Hall–Kier alpha value is -2.02. The van der Waals surface area contributed by atoms with Crippen molar-refractivity contribution >= 4 is 0 Å². The Morgan fingerprint density at radius 3 is 2.71 bits per heavy atom. The lowest BCUT2D eigenvalue weighted by Crippen LogP contribution is -2.36. The number of β-amino-alcohol motifs (C(OH)–C–C–N with tert-alkyl or cyclic N) is 1. The molecule has 0 saturated carbocycles. The van der Waals surface area contributed by atoms with Crippen LogP contribution in [0.1, 0.15) is 36.9 Å².